The SMILES string of the molecule is CC(C)c1cccc(O[C@@H](C)c2nnc(C34CCC(OC(=O)NC(C)(C)C)(CC3)CC4)n2C)c1. The average molecular weight is 469 g/mol. The standard InChI is InChI=1S/C27H40N4O3/c1-18(2)20-9-8-10-21(17-20)33-19(3)22-29-30-23(31(22)7)26-11-14-27(15-12-26,16-13-26)34-24(32)28-25(4,5)6/h8-10,17-19H,11-16H2,1-7H3,(H,28,32)/t19-,26?,27?/m0/s1. The number of rotatable bonds is 6. The quantitative estimate of drug-likeness (QED) is 0.567. The Morgan fingerprint density at radius 2 is 1.71 bits per heavy atom. The number of aromatic nitrogens is 3. The van der Waals surface area contributed by atoms with Crippen molar-refractivity contribution in [3.8, 4) is 5.75 Å². The van der Waals surface area contributed by atoms with Crippen LogP contribution in [0, 0.1) is 0 Å². The highest BCUT2D eigenvalue weighted by molar-refractivity contribution is 5.68. The summed E-state index contributed by atoms with van der Waals surface area (Å²) < 4.78 is 14.4. The van der Waals surface area contributed by atoms with Crippen molar-refractivity contribution in [3.05, 3.63) is 41.5 Å². The van der Waals surface area contributed by atoms with E-state index in [1.807, 2.05) is 46.9 Å². The van der Waals surface area contributed by atoms with Crippen molar-refractivity contribution in [3.63, 3.8) is 0 Å². The molecule has 1 aromatic carbocycles. The van der Waals surface area contributed by atoms with E-state index < -0.39 is 0 Å². The molecule has 0 unspecified atom stereocenters. The van der Waals surface area contributed by atoms with E-state index in [9.17, 15) is 4.79 Å². The Kier molecular flexibility index (Phi) is 6.42. The van der Waals surface area contributed by atoms with E-state index in [-0.39, 0.29) is 28.8 Å². The summed E-state index contributed by atoms with van der Waals surface area (Å²) in [5, 5.41) is 12.2. The largest absolute Gasteiger partial charge is 0.483 e. The summed E-state index contributed by atoms with van der Waals surface area (Å²) in [6.45, 7) is 12.3. The van der Waals surface area contributed by atoms with Crippen LogP contribution in [-0.2, 0) is 17.2 Å². The van der Waals surface area contributed by atoms with Gasteiger partial charge in [0.2, 0.25) is 0 Å². The summed E-state index contributed by atoms with van der Waals surface area (Å²) in [6.07, 6.45) is 4.92. The number of amides is 1. The molecule has 3 aliphatic carbocycles. The number of fused-ring (bicyclic) bond motifs is 3. The number of nitrogens with zero attached hydrogens (tertiary/aromatic N) is 3. The van der Waals surface area contributed by atoms with Gasteiger partial charge in [-0.25, -0.2) is 4.79 Å². The van der Waals surface area contributed by atoms with E-state index in [1.54, 1.807) is 0 Å². The molecule has 0 saturated heterocycles. The van der Waals surface area contributed by atoms with E-state index >= 15 is 0 Å². The van der Waals surface area contributed by atoms with E-state index in [2.05, 4.69) is 46.1 Å². The second-order valence-corrected chi connectivity index (χ2v) is 11.7. The van der Waals surface area contributed by atoms with Crippen molar-refractivity contribution in [2.24, 2.45) is 7.05 Å². The van der Waals surface area contributed by atoms with Crippen LogP contribution in [0.2, 0.25) is 0 Å². The molecule has 1 heterocycles. The third-order valence-electron chi connectivity index (χ3n) is 7.55. The van der Waals surface area contributed by atoms with Gasteiger partial charge < -0.3 is 19.4 Å². The topological polar surface area (TPSA) is 78.3 Å². The van der Waals surface area contributed by atoms with Crippen molar-refractivity contribution in [2.75, 3.05) is 0 Å². The molecule has 2 bridgehead atoms. The van der Waals surface area contributed by atoms with Crippen LogP contribution < -0.4 is 10.1 Å². The Labute approximate surface area is 203 Å². The van der Waals surface area contributed by atoms with E-state index in [4.69, 9.17) is 9.47 Å². The number of benzene rings is 1. The van der Waals surface area contributed by atoms with Gasteiger partial charge in [-0.2, -0.15) is 0 Å². The molecule has 1 N–H and O–H groups in total. The molecule has 1 atom stereocenters. The normalized spacial score (nSPS) is 25.3. The summed E-state index contributed by atoms with van der Waals surface area (Å²) in [7, 11) is 2.05. The molecule has 186 valence electrons. The number of ether oxygens (including phenoxy) is 2. The van der Waals surface area contributed by atoms with Gasteiger partial charge in [-0.15, -0.1) is 10.2 Å². The Bertz CT molecular complexity index is 1010. The van der Waals surface area contributed by atoms with E-state index in [0.717, 1.165) is 55.9 Å². The molecule has 34 heavy (non-hydrogen) atoms. The zero-order valence-electron chi connectivity index (χ0n) is 21.8. The third-order valence-corrected chi connectivity index (χ3v) is 7.55. The number of nitrogens with one attached hydrogen (secondary N) is 1. The van der Waals surface area contributed by atoms with Crippen LogP contribution in [0.3, 0.4) is 0 Å². The van der Waals surface area contributed by atoms with E-state index in [1.165, 1.54) is 5.56 Å². The number of alkyl carbamates (subject to hydrolysis) is 1. The molecular weight excluding hydrogens is 428 g/mol. The molecule has 1 amide bonds. The lowest BCUT2D eigenvalue weighted by Crippen LogP contribution is -2.53. The lowest BCUT2D eigenvalue weighted by molar-refractivity contribution is -0.0782. The maximum absolute atomic E-state index is 12.4. The lowest BCUT2D eigenvalue weighted by atomic mass is 9.58. The van der Waals surface area contributed by atoms with E-state index in [0.29, 0.717) is 5.92 Å². The van der Waals surface area contributed by atoms with Gasteiger partial charge >= 0.3 is 6.09 Å². The molecule has 0 spiro atoms. The van der Waals surface area contributed by atoms with Crippen LogP contribution >= 0.6 is 0 Å². The highest BCUT2D eigenvalue weighted by atomic mass is 16.6. The first-order valence-electron chi connectivity index (χ1n) is 12.6. The predicted octanol–water partition coefficient (Wildman–Crippen LogP) is 5.95. The van der Waals surface area contributed by atoms with Gasteiger partial charge in [0.1, 0.15) is 17.2 Å². The number of carbonyl (C=O) groups excluding carboxylic acids is 1. The van der Waals surface area contributed by atoms with Crippen molar-refractivity contribution in [1.29, 1.82) is 0 Å². The fraction of sp³-hybridized carbons (Fsp3) is 0.667. The molecule has 7 nitrogen and oxygen atoms in total. The van der Waals surface area contributed by atoms with Gasteiger partial charge in [-0.3, -0.25) is 0 Å². The minimum absolute atomic E-state index is 0.0110. The maximum Gasteiger partial charge on any atom is 0.408 e. The Hall–Kier alpha value is -2.57. The minimum atomic E-state index is -0.351. The monoisotopic (exact) mass is 468 g/mol. The number of hydrogen-bond donors (Lipinski definition) is 1. The van der Waals surface area contributed by atoms with Crippen LogP contribution in [0.4, 0.5) is 4.79 Å². The molecule has 0 radical (unpaired) electrons. The van der Waals surface area contributed by atoms with Gasteiger partial charge in [0.05, 0.1) is 0 Å². The average Bonchev–Trinajstić information content (AvgIpc) is 3.16. The Morgan fingerprint density at radius 1 is 1.06 bits per heavy atom. The first kappa shape index (κ1) is 24.6. The van der Waals surface area contributed by atoms with Gasteiger partial charge in [0.15, 0.2) is 11.9 Å². The fourth-order valence-corrected chi connectivity index (χ4v) is 5.53. The molecular formula is C27H40N4O3. The van der Waals surface area contributed by atoms with Crippen molar-refractivity contribution < 1.29 is 14.3 Å². The summed E-state index contributed by atoms with van der Waals surface area (Å²) >= 11 is 0. The molecule has 1 aromatic heterocycles. The van der Waals surface area contributed by atoms with Gasteiger partial charge in [0, 0.05) is 18.0 Å². The van der Waals surface area contributed by atoms with Crippen molar-refractivity contribution in [1.82, 2.24) is 20.1 Å². The first-order valence-corrected chi connectivity index (χ1v) is 12.6. The molecule has 3 saturated carbocycles. The van der Waals surface area contributed by atoms with Crippen molar-refractivity contribution >= 4 is 6.09 Å². The smallest absolute Gasteiger partial charge is 0.408 e. The number of hydrogen-bond acceptors (Lipinski definition) is 5. The molecule has 7 heteroatoms. The van der Waals surface area contributed by atoms with Crippen LogP contribution in [0.15, 0.2) is 24.3 Å². The summed E-state index contributed by atoms with van der Waals surface area (Å²) in [4.78, 5) is 12.4. The van der Waals surface area contributed by atoms with Crippen LogP contribution in [0.1, 0.15) is 109 Å². The molecule has 5 rings (SSSR count). The first-order chi connectivity index (χ1) is 15.9. The second kappa shape index (κ2) is 8.90. The second-order valence-electron chi connectivity index (χ2n) is 11.7. The molecule has 3 aliphatic rings. The summed E-state index contributed by atoms with van der Waals surface area (Å²) in [5.74, 6) is 3.17. The molecule has 0 aliphatic heterocycles. The zero-order valence-corrected chi connectivity index (χ0v) is 21.8. The number of carbonyl (C=O) groups is 1. The van der Waals surface area contributed by atoms with Crippen LogP contribution in [0.25, 0.3) is 0 Å². The minimum Gasteiger partial charge on any atom is -0.483 e. The Balaban J connectivity index is 1.45. The molecule has 3 fully saturated rings. The lowest BCUT2D eigenvalue weighted by Gasteiger charge is -2.51. The summed E-state index contributed by atoms with van der Waals surface area (Å²) in [6, 6.07) is 8.27. The zero-order chi connectivity index (χ0) is 24.7. The highest BCUT2D eigenvalue weighted by Crippen LogP contribution is 2.54. The van der Waals surface area contributed by atoms with Crippen LogP contribution in [-0.4, -0.2) is 32.0 Å². The predicted molar refractivity (Wildman–Crippen MR) is 132 cm³/mol. The van der Waals surface area contributed by atoms with Gasteiger partial charge in [-0.05, 0) is 89.8 Å². The highest BCUT2D eigenvalue weighted by Gasteiger charge is 2.53. The van der Waals surface area contributed by atoms with Gasteiger partial charge in [0.25, 0.3) is 0 Å². The van der Waals surface area contributed by atoms with Gasteiger partial charge in [-0.1, -0.05) is 26.0 Å². The Morgan fingerprint density at radius 3 is 2.29 bits per heavy atom. The maximum atomic E-state index is 12.4. The van der Waals surface area contributed by atoms with Crippen molar-refractivity contribution in [2.45, 2.75) is 109 Å². The molecule has 2 aromatic rings. The summed E-state index contributed by atoms with van der Waals surface area (Å²) in [5.41, 5.74) is 0.595. The third kappa shape index (κ3) is 4.93. The fourth-order valence-electron chi connectivity index (χ4n) is 5.53. The van der Waals surface area contributed by atoms with Crippen LogP contribution in [0.5, 0.6) is 5.75 Å².